The summed E-state index contributed by atoms with van der Waals surface area (Å²) in [6, 6.07) is 6.09. The van der Waals surface area contributed by atoms with Crippen LogP contribution in [0.15, 0.2) is 22.6 Å². The number of nitrogens with one attached hydrogen (secondary N) is 1. The molecule has 1 saturated carbocycles. The van der Waals surface area contributed by atoms with Crippen LogP contribution >= 0.6 is 0 Å². The third-order valence-electron chi connectivity index (χ3n) is 4.62. The Kier molecular flexibility index (Phi) is 2.52. The second-order valence-electron chi connectivity index (χ2n) is 5.63. The Morgan fingerprint density at radius 3 is 3.21 bits per heavy atom. The van der Waals surface area contributed by atoms with Crippen molar-refractivity contribution in [2.24, 2.45) is 11.8 Å². The summed E-state index contributed by atoms with van der Waals surface area (Å²) in [6.07, 6.45) is 3.99. The summed E-state index contributed by atoms with van der Waals surface area (Å²) in [7, 11) is 1.67. The molecule has 2 aromatic rings. The molecular weight excluding hydrogens is 240 g/mol. The highest BCUT2D eigenvalue weighted by molar-refractivity contribution is 5.74. The zero-order chi connectivity index (χ0) is 12.8. The largest absolute Gasteiger partial charge is 0.497 e. The van der Waals surface area contributed by atoms with Gasteiger partial charge in [0.1, 0.15) is 11.3 Å². The summed E-state index contributed by atoms with van der Waals surface area (Å²) in [4.78, 5) is 4.65. The number of nitrogens with zero attached hydrogens (tertiary/aromatic N) is 1. The first-order valence-corrected chi connectivity index (χ1v) is 7.03. The van der Waals surface area contributed by atoms with Gasteiger partial charge in [0.05, 0.1) is 13.2 Å². The maximum Gasteiger partial charge on any atom is 0.212 e. The summed E-state index contributed by atoms with van der Waals surface area (Å²) < 4.78 is 11.2. The molecule has 1 saturated heterocycles. The molecule has 100 valence electrons. The van der Waals surface area contributed by atoms with Gasteiger partial charge in [-0.25, -0.2) is 4.98 Å². The van der Waals surface area contributed by atoms with Crippen molar-refractivity contribution in [2.75, 3.05) is 13.7 Å². The van der Waals surface area contributed by atoms with E-state index in [1.54, 1.807) is 7.11 Å². The molecule has 2 fully saturated rings. The maximum atomic E-state index is 5.95. The molecule has 2 aliphatic rings. The van der Waals surface area contributed by atoms with Gasteiger partial charge in [-0.15, -0.1) is 0 Å². The van der Waals surface area contributed by atoms with Gasteiger partial charge in [0.25, 0.3) is 0 Å². The Balaban J connectivity index is 1.71. The number of fused-ring (bicyclic) bond motifs is 2. The van der Waals surface area contributed by atoms with E-state index < -0.39 is 0 Å². The SMILES string of the molecule is COc1ccc2nc(C3NCC4CCCC43)oc2c1. The number of ether oxygens (including phenoxy) is 1. The quantitative estimate of drug-likeness (QED) is 0.899. The van der Waals surface area contributed by atoms with Gasteiger partial charge in [-0.2, -0.15) is 0 Å². The highest BCUT2D eigenvalue weighted by Crippen LogP contribution is 2.44. The minimum absolute atomic E-state index is 0.297. The summed E-state index contributed by atoms with van der Waals surface area (Å²) in [5.41, 5.74) is 1.73. The van der Waals surface area contributed by atoms with E-state index in [-0.39, 0.29) is 0 Å². The van der Waals surface area contributed by atoms with Crippen molar-refractivity contribution in [1.29, 1.82) is 0 Å². The number of hydrogen-bond acceptors (Lipinski definition) is 4. The Hall–Kier alpha value is -1.55. The minimum atomic E-state index is 0.297. The first-order valence-electron chi connectivity index (χ1n) is 7.03. The van der Waals surface area contributed by atoms with E-state index in [4.69, 9.17) is 9.15 Å². The minimum Gasteiger partial charge on any atom is -0.497 e. The molecule has 1 N–H and O–H groups in total. The molecule has 0 radical (unpaired) electrons. The molecule has 0 amide bonds. The monoisotopic (exact) mass is 258 g/mol. The second-order valence-corrected chi connectivity index (χ2v) is 5.63. The molecule has 1 aliphatic heterocycles. The van der Waals surface area contributed by atoms with Crippen molar-refractivity contribution in [3.8, 4) is 5.75 Å². The van der Waals surface area contributed by atoms with E-state index >= 15 is 0 Å². The first-order chi connectivity index (χ1) is 9.35. The Bertz CT molecular complexity index is 607. The number of benzene rings is 1. The average molecular weight is 258 g/mol. The van der Waals surface area contributed by atoms with E-state index in [2.05, 4.69) is 10.3 Å². The standard InChI is InChI=1S/C15H18N2O2/c1-18-10-5-6-12-13(7-10)19-15(17-12)14-11-4-2-3-9(11)8-16-14/h5-7,9,11,14,16H,2-4,8H2,1H3. The van der Waals surface area contributed by atoms with Gasteiger partial charge in [0.2, 0.25) is 5.89 Å². The smallest absolute Gasteiger partial charge is 0.212 e. The Labute approximate surface area is 112 Å². The lowest BCUT2D eigenvalue weighted by atomic mass is 9.94. The summed E-state index contributed by atoms with van der Waals surface area (Å²) in [6.45, 7) is 1.11. The number of methoxy groups -OCH3 is 1. The van der Waals surface area contributed by atoms with Crippen molar-refractivity contribution < 1.29 is 9.15 Å². The fourth-order valence-electron chi connectivity index (χ4n) is 3.64. The first kappa shape index (κ1) is 11.3. The molecule has 1 aromatic carbocycles. The van der Waals surface area contributed by atoms with Crippen LogP contribution in [0.4, 0.5) is 0 Å². The Morgan fingerprint density at radius 1 is 1.37 bits per heavy atom. The lowest BCUT2D eigenvalue weighted by Gasteiger charge is -2.13. The molecule has 1 aliphatic carbocycles. The lowest BCUT2D eigenvalue weighted by Crippen LogP contribution is -2.17. The molecule has 1 aromatic heterocycles. The van der Waals surface area contributed by atoms with Gasteiger partial charge >= 0.3 is 0 Å². The van der Waals surface area contributed by atoms with Crippen LogP contribution in [0.3, 0.4) is 0 Å². The van der Waals surface area contributed by atoms with Gasteiger partial charge < -0.3 is 14.5 Å². The second kappa shape index (κ2) is 4.23. The highest BCUT2D eigenvalue weighted by atomic mass is 16.5. The van der Waals surface area contributed by atoms with E-state index in [9.17, 15) is 0 Å². The fourth-order valence-corrected chi connectivity index (χ4v) is 3.64. The van der Waals surface area contributed by atoms with Crippen LogP contribution in [0.1, 0.15) is 31.2 Å². The Morgan fingerprint density at radius 2 is 2.32 bits per heavy atom. The number of oxazole rings is 1. The summed E-state index contributed by atoms with van der Waals surface area (Å²) in [5, 5.41) is 3.58. The van der Waals surface area contributed by atoms with Crippen LogP contribution in [0, 0.1) is 11.8 Å². The molecule has 4 nitrogen and oxygen atoms in total. The van der Waals surface area contributed by atoms with Crippen molar-refractivity contribution in [3.63, 3.8) is 0 Å². The molecular formula is C15H18N2O2. The van der Waals surface area contributed by atoms with Gasteiger partial charge in [-0.05, 0) is 43.4 Å². The molecule has 3 unspecified atom stereocenters. The summed E-state index contributed by atoms with van der Waals surface area (Å²) >= 11 is 0. The van der Waals surface area contributed by atoms with Crippen molar-refractivity contribution in [2.45, 2.75) is 25.3 Å². The zero-order valence-corrected chi connectivity index (χ0v) is 11.1. The van der Waals surface area contributed by atoms with Gasteiger partial charge in [0, 0.05) is 6.07 Å². The van der Waals surface area contributed by atoms with Crippen LogP contribution in [-0.4, -0.2) is 18.6 Å². The van der Waals surface area contributed by atoms with Crippen molar-refractivity contribution in [1.82, 2.24) is 10.3 Å². The van der Waals surface area contributed by atoms with E-state index in [1.165, 1.54) is 19.3 Å². The molecule has 19 heavy (non-hydrogen) atoms. The van der Waals surface area contributed by atoms with E-state index in [0.29, 0.717) is 12.0 Å². The van der Waals surface area contributed by atoms with Crippen LogP contribution in [-0.2, 0) is 0 Å². The normalized spacial score (nSPS) is 29.8. The van der Waals surface area contributed by atoms with Crippen LogP contribution < -0.4 is 10.1 Å². The summed E-state index contributed by atoms with van der Waals surface area (Å²) in [5.74, 6) is 3.18. The third-order valence-corrected chi connectivity index (χ3v) is 4.62. The predicted molar refractivity (Wildman–Crippen MR) is 72.1 cm³/mol. The van der Waals surface area contributed by atoms with Crippen molar-refractivity contribution >= 4 is 11.1 Å². The lowest BCUT2D eigenvalue weighted by molar-refractivity contribution is 0.356. The molecule has 0 bridgehead atoms. The fraction of sp³-hybridized carbons (Fsp3) is 0.533. The third kappa shape index (κ3) is 1.74. The predicted octanol–water partition coefficient (Wildman–Crippen LogP) is 2.90. The van der Waals surface area contributed by atoms with E-state index in [0.717, 1.165) is 35.2 Å². The van der Waals surface area contributed by atoms with Crippen LogP contribution in [0.25, 0.3) is 11.1 Å². The molecule has 0 spiro atoms. The zero-order valence-electron chi connectivity index (χ0n) is 11.1. The van der Waals surface area contributed by atoms with Gasteiger partial charge in [-0.1, -0.05) is 6.42 Å². The van der Waals surface area contributed by atoms with Gasteiger partial charge in [-0.3, -0.25) is 0 Å². The molecule has 4 heteroatoms. The average Bonchev–Trinajstić information content (AvgIpc) is 3.11. The molecule has 3 atom stereocenters. The topological polar surface area (TPSA) is 47.3 Å². The maximum absolute atomic E-state index is 5.95. The van der Waals surface area contributed by atoms with E-state index in [1.807, 2.05) is 18.2 Å². The van der Waals surface area contributed by atoms with Gasteiger partial charge in [0.15, 0.2) is 5.58 Å². The highest BCUT2D eigenvalue weighted by Gasteiger charge is 2.41. The number of rotatable bonds is 2. The number of hydrogen-bond donors (Lipinski definition) is 1. The molecule has 4 rings (SSSR count). The van der Waals surface area contributed by atoms with Crippen LogP contribution in [0.2, 0.25) is 0 Å². The van der Waals surface area contributed by atoms with Crippen LogP contribution in [0.5, 0.6) is 5.75 Å². The number of aromatic nitrogens is 1. The van der Waals surface area contributed by atoms with Crippen molar-refractivity contribution in [3.05, 3.63) is 24.1 Å². The molecule has 2 heterocycles.